The summed E-state index contributed by atoms with van der Waals surface area (Å²) in [5.74, 6) is -1.58. The van der Waals surface area contributed by atoms with Gasteiger partial charge in [0.05, 0.1) is 6.61 Å². The van der Waals surface area contributed by atoms with Crippen LogP contribution in [0.1, 0.15) is 29.5 Å². The van der Waals surface area contributed by atoms with Crippen LogP contribution in [0.5, 0.6) is 0 Å². The summed E-state index contributed by atoms with van der Waals surface area (Å²) in [6.07, 6.45) is 1.67. The molecular weight excluding hydrogens is 258 g/mol. The van der Waals surface area contributed by atoms with Gasteiger partial charge >= 0.3 is 5.97 Å². The SMILES string of the molecule is Cc1ccc(CCCC(=O)NC(CO)C(=O)O)c(C)c1. The highest BCUT2D eigenvalue weighted by Crippen LogP contribution is 2.13. The highest BCUT2D eigenvalue weighted by Gasteiger charge is 2.18. The Balaban J connectivity index is 2.40. The lowest BCUT2D eigenvalue weighted by Crippen LogP contribution is -2.43. The minimum Gasteiger partial charge on any atom is -0.480 e. The van der Waals surface area contributed by atoms with Crippen LogP contribution in [0.4, 0.5) is 0 Å². The molecule has 0 bridgehead atoms. The summed E-state index contributed by atoms with van der Waals surface area (Å²) in [5, 5.41) is 19.8. The largest absolute Gasteiger partial charge is 0.480 e. The zero-order chi connectivity index (χ0) is 15.1. The minimum absolute atomic E-state index is 0.247. The molecule has 1 rings (SSSR count). The van der Waals surface area contributed by atoms with Crippen molar-refractivity contribution in [2.75, 3.05) is 6.61 Å². The third-order valence-corrected chi connectivity index (χ3v) is 3.16. The van der Waals surface area contributed by atoms with Crippen molar-refractivity contribution in [1.82, 2.24) is 5.32 Å². The van der Waals surface area contributed by atoms with E-state index in [2.05, 4.69) is 17.4 Å². The summed E-state index contributed by atoms with van der Waals surface area (Å²) >= 11 is 0. The van der Waals surface area contributed by atoms with Crippen LogP contribution in [0.15, 0.2) is 18.2 Å². The number of carbonyl (C=O) groups excluding carboxylic acids is 1. The summed E-state index contributed by atoms with van der Waals surface area (Å²) in [6.45, 7) is 3.47. The van der Waals surface area contributed by atoms with Gasteiger partial charge in [-0.3, -0.25) is 4.79 Å². The Bertz CT molecular complexity index is 485. The standard InChI is InChI=1S/C15H21NO4/c1-10-6-7-12(11(2)8-10)4-3-5-14(18)16-13(9-17)15(19)20/h6-8,13,17H,3-5,9H2,1-2H3,(H,16,18)(H,19,20). The molecule has 0 aliphatic rings. The lowest BCUT2D eigenvalue weighted by atomic mass is 10.0. The van der Waals surface area contributed by atoms with Crippen LogP contribution in [0.25, 0.3) is 0 Å². The van der Waals surface area contributed by atoms with E-state index in [-0.39, 0.29) is 12.3 Å². The van der Waals surface area contributed by atoms with Crippen molar-refractivity contribution in [2.24, 2.45) is 0 Å². The van der Waals surface area contributed by atoms with Crippen molar-refractivity contribution >= 4 is 11.9 Å². The molecule has 1 unspecified atom stereocenters. The number of carboxylic acid groups (broad SMARTS) is 1. The summed E-state index contributed by atoms with van der Waals surface area (Å²) < 4.78 is 0. The zero-order valence-corrected chi connectivity index (χ0v) is 11.8. The molecule has 1 amide bonds. The van der Waals surface area contributed by atoms with Crippen LogP contribution in [0, 0.1) is 13.8 Å². The average molecular weight is 279 g/mol. The van der Waals surface area contributed by atoms with Crippen LogP contribution in [-0.2, 0) is 16.0 Å². The summed E-state index contributed by atoms with van der Waals surface area (Å²) in [6, 6.07) is 4.97. The Labute approximate surface area is 118 Å². The molecule has 20 heavy (non-hydrogen) atoms. The van der Waals surface area contributed by atoms with E-state index in [9.17, 15) is 9.59 Å². The van der Waals surface area contributed by atoms with Gasteiger partial charge in [-0.25, -0.2) is 4.79 Å². The molecule has 1 aromatic carbocycles. The predicted molar refractivity (Wildman–Crippen MR) is 75.5 cm³/mol. The smallest absolute Gasteiger partial charge is 0.328 e. The monoisotopic (exact) mass is 279 g/mol. The fourth-order valence-electron chi connectivity index (χ4n) is 2.02. The van der Waals surface area contributed by atoms with Crippen LogP contribution in [-0.4, -0.2) is 34.7 Å². The minimum atomic E-state index is -1.23. The molecular formula is C15H21NO4. The van der Waals surface area contributed by atoms with Gasteiger partial charge in [-0.2, -0.15) is 0 Å². The van der Waals surface area contributed by atoms with Crippen molar-refractivity contribution in [2.45, 2.75) is 39.2 Å². The number of hydrogen-bond donors (Lipinski definition) is 3. The molecule has 0 aromatic heterocycles. The average Bonchev–Trinajstić information content (AvgIpc) is 2.38. The maximum atomic E-state index is 11.6. The molecule has 1 aromatic rings. The Morgan fingerprint density at radius 2 is 2.00 bits per heavy atom. The molecule has 110 valence electrons. The van der Waals surface area contributed by atoms with Gasteiger partial charge in [0.2, 0.25) is 5.91 Å². The fourth-order valence-corrected chi connectivity index (χ4v) is 2.02. The van der Waals surface area contributed by atoms with Crippen molar-refractivity contribution in [3.63, 3.8) is 0 Å². The van der Waals surface area contributed by atoms with Crippen molar-refractivity contribution in [1.29, 1.82) is 0 Å². The first kappa shape index (κ1) is 16.2. The van der Waals surface area contributed by atoms with Crippen LogP contribution >= 0.6 is 0 Å². The van der Waals surface area contributed by atoms with E-state index in [0.29, 0.717) is 6.42 Å². The second kappa shape index (κ2) is 7.65. The quantitative estimate of drug-likeness (QED) is 0.699. The molecule has 0 saturated carbocycles. The number of benzene rings is 1. The first-order chi connectivity index (χ1) is 9.43. The maximum Gasteiger partial charge on any atom is 0.328 e. The van der Waals surface area contributed by atoms with E-state index in [4.69, 9.17) is 10.2 Å². The van der Waals surface area contributed by atoms with Gasteiger partial charge in [-0.05, 0) is 37.8 Å². The van der Waals surface area contributed by atoms with Gasteiger partial charge < -0.3 is 15.5 Å². The number of carbonyl (C=O) groups is 2. The van der Waals surface area contributed by atoms with E-state index >= 15 is 0 Å². The first-order valence-electron chi connectivity index (χ1n) is 6.63. The van der Waals surface area contributed by atoms with Crippen molar-refractivity contribution in [3.05, 3.63) is 34.9 Å². The lowest BCUT2D eigenvalue weighted by Gasteiger charge is -2.11. The maximum absolute atomic E-state index is 11.6. The molecule has 0 aliphatic carbocycles. The molecule has 0 radical (unpaired) electrons. The Morgan fingerprint density at radius 1 is 1.30 bits per heavy atom. The lowest BCUT2D eigenvalue weighted by molar-refractivity contribution is -0.142. The van der Waals surface area contributed by atoms with E-state index in [1.165, 1.54) is 16.7 Å². The first-order valence-corrected chi connectivity index (χ1v) is 6.63. The second-order valence-corrected chi connectivity index (χ2v) is 4.92. The molecule has 0 saturated heterocycles. The number of nitrogens with one attached hydrogen (secondary N) is 1. The molecule has 0 aliphatic heterocycles. The zero-order valence-electron chi connectivity index (χ0n) is 11.8. The topological polar surface area (TPSA) is 86.6 Å². The van der Waals surface area contributed by atoms with Gasteiger partial charge in [0.15, 0.2) is 0 Å². The number of amides is 1. The number of hydrogen-bond acceptors (Lipinski definition) is 3. The molecule has 0 spiro atoms. The predicted octanol–water partition coefficient (Wildman–Crippen LogP) is 1.19. The molecule has 0 fully saturated rings. The Hall–Kier alpha value is -1.88. The fraction of sp³-hybridized carbons (Fsp3) is 0.467. The highest BCUT2D eigenvalue weighted by molar-refractivity contribution is 5.83. The molecule has 3 N–H and O–H groups in total. The highest BCUT2D eigenvalue weighted by atomic mass is 16.4. The van der Waals surface area contributed by atoms with Gasteiger partial charge in [-0.1, -0.05) is 23.8 Å². The van der Waals surface area contributed by atoms with Gasteiger partial charge in [0.25, 0.3) is 0 Å². The number of aliphatic hydroxyl groups excluding tert-OH is 1. The number of carboxylic acids is 1. The molecule has 1 atom stereocenters. The molecule has 0 heterocycles. The van der Waals surface area contributed by atoms with Crippen LogP contribution in [0.3, 0.4) is 0 Å². The van der Waals surface area contributed by atoms with E-state index < -0.39 is 18.6 Å². The van der Waals surface area contributed by atoms with E-state index in [0.717, 1.165) is 6.42 Å². The van der Waals surface area contributed by atoms with Gasteiger partial charge in [0.1, 0.15) is 6.04 Å². The number of rotatable bonds is 7. The molecule has 5 nitrogen and oxygen atoms in total. The van der Waals surface area contributed by atoms with Gasteiger partial charge in [0, 0.05) is 6.42 Å². The Kier molecular flexibility index (Phi) is 6.18. The number of aliphatic hydroxyl groups is 1. The number of aryl methyl sites for hydroxylation is 3. The second-order valence-electron chi connectivity index (χ2n) is 4.92. The summed E-state index contributed by atoms with van der Waals surface area (Å²) in [4.78, 5) is 22.2. The summed E-state index contributed by atoms with van der Waals surface area (Å²) in [5.41, 5.74) is 3.60. The van der Waals surface area contributed by atoms with Crippen LogP contribution < -0.4 is 5.32 Å². The van der Waals surface area contributed by atoms with Crippen molar-refractivity contribution in [3.8, 4) is 0 Å². The third kappa shape index (κ3) is 5.01. The van der Waals surface area contributed by atoms with Gasteiger partial charge in [-0.15, -0.1) is 0 Å². The Morgan fingerprint density at radius 3 is 2.55 bits per heavy atom. The van der Waals surface area contributed by atoms with E-state index in [1.54, 1.807) is 0 Å². The van der Waals surface area contributed by atoms with Crippen molar-refractivity contribution < 1.29 is 19.8 Å². The van der Waals surface area contributed by atoms with Crippen LogP contribution in [0.2, 0.25) is 0 Å². The van der Waals surface area contributed by atoms with E-state index in [1.807, 2.05) is 19.9 Å². The molecule has 5 heteroatoms. The number of aliphatic carboxylic acids is 1. The summed E-state index contributed by atoms with van der Waals surface area (Å²) in [7, 11) is 0. The normalized spacial score (nSPS) is 11.9. The third-order valence-electron chi connectivity index (χ3n) is 3.16.